The van der Waals surface area contributed by atoms with E-state index in [2.05, 4.69) is 0 Å². The lowest BCUT2D eigenvalue weighted by molar-refractivity contribution is -0.143. The van der Waals surface area contributed by atoms with Crippen molar-refractivity contribution in [3.63, 3.8) is 0 Å². The Labute approximate surface area is 171 Å². The van der Waals surface area contributed by atoms with Crippen LogP contribution in [0.5, 0.6) is 5.75 Å². The molecule has 2 bridgehead atoms. The van der Waals surface area contributed by atoms with E-state index in [9.17, 15) is 9.59 Å². The smallest absolute Gasteiger partial charge is 0.230 e. The van der Waals surface area contributed by atoms with Crippen LogP contribution in [0.2, 0.25) is 0 Å². The predicted molar refractivity (Wildman–Crippen MR) is 107 cm³/mol. The lowest BCUT2D eigenvalue weighted by Crippen LogP contribution is -2.46. The van der Waals surface area contributed by atoms with Gasteiger partial charge in [-0.2, -0.15) is 0 Å². The van der Waals surface area contributed by atoms with Crippen molar-refractivity contribution in [1.29, 1.82) is 0 Å². The Balaban J connectivity index is 1.37. The summed E-state index contributed by atoms with van der Waals surface area (Å²) in [5, 5.41) is 0. The van der Waals surface area contributed by atoms with Crippen LogP contribution in [-0.2, 0) is 20.9 Å². The van der Waals surface area contributed by atoms with E-state index in [1.54, 1.807) is 7.11 Å². The number of carbonyl (C=O) groups excluding carboxylic acids is 2. The molecule has 6 nitrogen and oxygen atoms in total. The van der Waals surface area contributed by atoms with Gasteiger partial charge >= 0.3 is 0 Å². The van der Waals surface area contributed by atoms with Crippen LogP contribution in [0, 0.1) is 11.8 Å². The summed E-state index contributed by atoms with van der Waals surface area (Å²) in [5.74, 6) is 0.121. The molecule has 2 amide bonds. The molecule has 0 radical (unpaired) electrons. The average molecular weight is 396 g/mol. The maximum atomic E-state index is 13.4. The lowest BCUT2D eigenvalue weighted by atomic mass is 9.76. The second-order valence-electron chi connectivity index (χ2n) is 8.69. The number of hydrogen-bond acceptors (Lipinski definition) is 4. The number of nitrogens with zero attached hydrogens (tertiary/aromatic N) is 2. The molecule has 4 heterocycles. The number of fused-ring (bicyclic) bond motifs is 1. The van der Waals surface area contributed by atoms with Crippen LogP contribution in [-0.4, -0.2) is 60.1 Å². The molecule has 1 aromatic carbocycles. The Kier molecular flexibility index (Phi) is 4.62. The molecule has 29 heavy (non-hydrogen) atoms. The Morgan fingerprint density at radius 3 is 2.79 bits per heavy atom. The van der Waals surface area contributed by atoms with E-state index in [1.807, 2.05) is 46.2 Å². The number of carbonyl (C=O) groups is 2. The second kappa shape index (κ2) is 7.17. The van der Waals surface area contributed by atoms with Crippen molar-refractivity contribution in [2.24, 2.45) is 11.8 Å². The van der Waals surface area contributed by atoms with Gasteiger partial charge in [-0.1, -0.05) is 37.1 Å². The highest BCUT2D eigenvalue weighted by Gasteiger charge is 2.67. The van der Waals surface area contributed by atoms with Crippen molar-refractivity contribution in [3.05, 3.63) is 42.0 Å². The van der Waals surface area contributed by atoms with E-state index in [0.29, 0.717) is 13.1 Å². The first-order chi connectivity index (χ1) is 14.1. The third-order valence-electron chi connectivity index (χ3n) is 6.89. The number of benzene rings is 1. The van der Waals surface area contributed by atoms with E-state index in [1.165, 1.54) is 12.8 Å². The fourth-order valence-electron chi connectivity index (χ4n) is 5.49. The first-order valence-electron chi connectivity index (χ1n) is 10.7. The molecule has 0 N–H and O–H groups in total. The Morgan fingerprint density at radius 2 is 2.03 bits per heavy atom. The van der Waals surface area contributed by atoms with Gasteiger partial charge in [0.1, 0.15) is 11.4 Å². The molecular weight excluding hydrogens is 368 g/mol. The van der Waals surface area contributed by atoms with Gasteiger partial charge in [0.05, 0.1) is 31.6 Å². The minimum atomic E-state index is -0.646. The molecule has 154 valence electrons. The van der Waals surface area contributed by atoms with Gasteiger partial charge in [-0.25, -0.2) is 0 Å². The predicted octanol–water partition coefficient (Wildman–Crippen LogP) is 2.38. The highest BCUT2D eigenvalue weighted by Crippen LogP contribution is 2.52. The highest BCUT2D eigenvalue weighted by atomic mass is 16.5. The zero-order valence-corrected chi connectivity index (χ0v) is 16.9. The third-order valence-corrected chi connectivity index (χ3v) is 6.89. The van der Waals surface area contributed by atoms with Crippen LogP contribution in [0.3, 0.4) is 0 Å². The van der Waals surface area contributed by atoms with Gasteiger partial charge in [0.25, 0.3) is 0 Å². The molecule has 0 aliphatic carbocycles. The molecule has 0 saturated carbocycles. The van der Waals surface area contributed by atoms with Crippen LogP contribution in [0.1, 0.15) is 31.2 Å². The maximum Gasteiger partial charge on any atom is 0.230 e. The summed E-state index contributed by atoms with van der Waals surface area (Å²) in [5.41, 5.74) is 0.371. The first kappa shape index (κ1) is 18.7. The number of likely N-dealkylation sites (tertiary alicyclic amines) is 2. The van der Waals surface area contributed by atoms with Gasteiger partial charge in [0.15, 0.2) is 0 Å². The summed E-state index contributed by atoms with van der Waals surface area (Å²) in [6.45, 7) is 2.60. The zero-order chi connectivity index (χ0) is 20.0. The van der Waals surface area contributed by atoms with Crippen LogP contribution in [0.25, 0.3) is 0 Å². The van der Waals surface area contributed by atoms with Crippen molar-refractivity contribution < 1.29 is 19.1 Å². The van der Waals surface area contributed by atoms with Crippen LogP contribution < -0.4 is 4.74 Å². The monoisotopic (exact) mass is 396 g/mol. The molecule has 0 unspecified atom stereocenters. The van der Waals surface area contributed by atoms with Crippen molar-refractivity contribution >= 4 is 11.8 Å². The van der Waals surface area contributed by atoms with Crippen LogP contribution in [0.4, 0.5) is 0 Å². The van der Waals surface area contributed by atoms with Crippen molar-refractivity contribution in [2.75, 3.05) is 26.7 Å². The Morgan fingerprint density at radius 1 is 1.24 bits per heavy atom. The molecule has 0 aromatic heterocycles. The van der Waals surface area contributed by atoms with Crippen LogP contribution in [0.15, 0.2) is 36.4 Å². The molecule has 5 rings (SSSR count). The summed E-state index contributed by atoms with van der Waals surface area (Å²) in [6.07, 6.45) is 8.21. The fraction of sp³-hybridized carbons (Fsp3) is 0.565. The van der Waals surface area contributed by atoms with E-state index in [-0.39, 0.29) is 23.8 Å². The molecule has 3 fully saturated rings. The van der Waals surface area contributed by atoms with Crippen molar-refractivity contribution in [3.8, 4) is 5.75 Å². The van der Waals surface area contributed by atoms with E-state index >= 15 is 0 Å². The van der Waals surface area contributed by atoms with E-state index < -0.39 is 11.5 Å². The number of methoxy groups -OCH3 is 1. The SMILES string of the molecule is COc1cccc(CN2C[C@]34C=C[C@H](O3)[C@H](C(=O)N3CCCCCC3)[C@@H]4C2=O)c1. The normalized spacial score (nSPS) is 33.1. The lowest BCUT2D eigenvalue weighted by Gasteiger charge is -2.29. The first-order valence-corrected chi connectivity index (χ1v) is 10.7. The quantitative estimate of drug-likeness (QED) is 0.734. The number of amides is 2. The standard InChI is InChI=1S/C23H28N2O4/c1-28-17-8-6-7-16(13-17)14-25-15-23-10-9-18(29-23)19(20(23)22(25)27)21(26)24-11-4-2-3-5-12-24/h6-10,13,18-20H,2-5,11-12,14-15H2,1H3/t18-,19-,20+,23-/m0/s1. The summed E-state index contributed by atoms with van der Waals surface area (Å²) in [7, 11) is 1.64. The summed E-state index contributed by atoms with van der Waals surface area (Å²) >= 11 is 0. The fourth-order valence-corrected chi connectivity index (χ4v) is 5.49. The largest absolute Gasteiger partial charge is 0.497 e. The number of ether oxygens (including phenoxy) is 2. The topological polar surface area (TPSA) is 59.1 Å². The van der Waals surface area contributed by atoms with Gasteiger partial charge < -0.3 is 19.3 Å². The van der Waals surface area contributed by atoms with Gasteiger partial charge in [-0.15, -0.1) is 0 Å². The second-order valence-corrected chi connectivity index (χ2v) is 8.69. The number of hydrogen-bond donors (Lipinski definition) is 0. The Hall–Kier alpha value is -2.34. The highest BCUT2D eigenvalue weighted by molar-refractivity contribution is 5.93. The number of rotatable bonds is 4. The maximum absolute atomic E-state index is 13.4. The third kappa shape index (κ3) is 3.05. The molecule has 1 aromatic rings. The molecule has 3 saturated heterocycles. The minimum Gasteiger partial charge on any atom is -0.497 e. The molecule has 4 aliphatic rings. The van der Waals surface area contributed by atoms with Gasteiger partial charge in [0.2, 0.25) is 11.8 Å². The summed E-state index contributed by atoms with van der Waals surface area (Å²) < 4.78 is 11.6. The van der Waals surface area contributed by atoms with Crippen molar-refractivity contribution in [1.82, 2.24) is 9.80 Å². The van der Waals surface area contributed by atoms with Crippen molar-refractivity contribution in [2.45, 2.75) is 43.9 Å². The molecule has 1 spiro atoms. The molecular formula is C23H28N2O4. The Bertz CT molecular complexity index is 845. The average Bonchev–Trinajstić information content (AvgIpc) is 3.26. The minimum absolute atomic E-state index is 0.0350. The molecule has 4 atom stereocenters. The molecule has 4 aliphatic heterocycles. The van der Waals surface area contributed by atoms with E-state index in [4.69, 9.17) is 9.47 Å². The zero-order valence-electron chi connectivity index (χ0n) is 16.9. The van der Waals surface area contributed by atoms with Gasteiger partial charge in [-0.3, -0.25) is 9.59 Å². The van der Waals surface area contributed by atoms with Gasteiger partial charge in [0, 0.05) is 19.6 Å². The van der Waals surface area contributed by atoms with Gasteiger partial charge in [-0.05, 0) is 30.5 Å². The summed E-state index contributed by atoms with van der Waals surface area (Å²) in [4.78, 5) is 30.6. The molecule has 6 heteroatoms. The summed E-state index contributed by atoms with van der Waals surface area (Å²) in [6, 6.07) is 7.77. The van der Waals surface area contributed by atoms with Crippen LogP contribution >= 0.6 is 0 Å². The van der Waals surface area contributed by atoms with E-state index in [0.717, 1.165) is 37.2 Å².